The van der Waals surface area contributed by atoms with Gasteiger partial charge in [0.1, 0.15) is 6.04 Å². The monoisotopic (exact) mass is 301 g/mol. The molecule has 0 heterocycles. The van der Waals surface area contributed by atoms with Crippen LogP contribution in [-0.2, 0) is 4.79 Å². The number of amides is 3. The Labute approximate surface area is 131 Å². The quantitative estimate of drug-likeness (QED) is 0.724. The fourth-order valence-electron chi connectivity index (χ4n) is 1.58. The normalized spacial score (nSPS) is 12.3. The minimum absolute atomic E-state index is 0.0940. The maximum Gasteiger partial charge on any atom is 0.316 e. The van der Waals surface area contributed by atoms with Gasteiger partial charge in [0.15, 0.2) is 0 Å². The van der Waals surface area contributed by atoms with E-state index in [2.05, 4.69) is 27.8 Å². The van der Waals surface area contributed by atoms with Crippen LogP contribution in [-0.4, -0.2) is 30.6 Å². The molecule has 0 radical (unpaired) electrons. The molecule has 22 heavy (non-hydrogen) atoms. The molecule has 0 saturated heterocycles. The molecule has 0 bridgehead atoms. The van der Waals surface area contributed by atoms with Crippen molar-refractivity contribution in [3.8, 4) is 11.8 Å². The molecule has 118 valence electrons. The van der Waals surface area contributed by atoms with Crippen LogP contribution in [0.4, 0.5) is 4.79 Å². The second-order valence-corrected chi connectivity index (χ2v) is 5.03. The summed E-state index contributed by atoms with van der Waals surface area (Å²) in [6, 6.07) is 8.62. The highest BCUT2D eigenvalue weighted by atomic mass is 16.2. The first-order valence-corrected chi connectivity index (χ1v) is 7.41. The van der Waals surface area contributed by atoms with Crippen LogP contribution in [0.15, 0.2) is 30.3 Å². The number of hydrogen-bond donors (Lipinski definition) is 3. The van der Waals surface area contributed by atoms with E-state index in [4.69, 9.17) is 0 Å². The van der Waals surface area contributed by atoms with Crippen molar-refractivity contribution in [3.63, 3.8) is 0 Å². The minimum atomic E-state index is -0.587. The third-order valence-electron chi connectivity index (χ3n) is 3.09. The minimum Gasteiger partial charge on any atom is -0.352 e. The molecule has 3 N–H and O–H groups in total. The third kappa shape index (κ3) is 6.80. The van der Waals surface area contributed by atoms with Gasteiger partial charge in [0, 0.05) is 11.6 Å². The molecule has 0 fully saturated rings. The number of rotatable bonds is 5. The van der Waals surface area contributed by atoms with Gasteiger partial charge < -0.3 is 16.0 Å². The standard InChI is InChI=1S/C17H23N3O2/c1-4-13(2)19-16(21)14(3)20-17(22)18-12-8-11-15-9-6-5-7-10-15/h5-7,9-10,13-14H,4,12H2,1-3H3,(H,19,21)(H2,18,20,22)/t13-,14+/m0/s1. The first-order valence-electron chi connectivity index (χ1n) is 7.41. The van der Waals surface area contributed by atoms with Crippen LogP contribution in [0.5, 0.6) is 0 Å². The van der Waals surface area contributed by atoms with E-state index in [-0.39, 0.29) is 18.5 Å². The SMILES string of the molecule is CC[C@H](C)NC(=O)[C@@H](C)NC(=O)NCC#Cc1ccccc1. The lowest BCUT2D eigenvalue weighted by molar-refractivity contribution is -0.123. The first kappa shape index (κ1) is 17.6. The molecule has 5 nitrogen and oxygen atoms in total. The van der Waals surface area contributed by atoms with Gasteiger partial charge in [-0.1, -0.05) is 37.0 Å². The van der Waals surface area contributed by atoms with Gasteiger partial charge in [-0.15, -0.1) is 0 Å². The first-order chi connectivity index (χ1) is 10.5. The van der Waals surface area contributed by atoms with Crippen LogP contribution < -0.4 is 16.0 Å². The summed E-state index contributed by atoms with van der Waals surface area (Å²) in [5.41, 5.74) is 0.894. The fourth-order valence-corrected chi connectivity index (χ4v) is 1.58. The van der Waals surface area contributed by atoms with E-state index in [9.17, 15) is 9.59 Å². The average molecular weight is 301 g/mol. The van der Waals surface area contributed by atoms with Crippen LogP contribution in [0.3, 0.4) is 0 Å². The lowest BCUT2D eigenvalue weighted by atomic mass is 10.2. The van der Waals surface area contributed by atoms with Gasteiger partial charge in [-0.05, 0) is 32.4 Å². The Kier molecular flexibility index (Phi) is 7.55. The maximum atomic E-state index is 11.8. The molecule has 0 aliphatic rings. The molecule has 0 saturated carbocycles. The molecule has 5 heteroatoms. The number of urea groups is 1. The summed E-state index contributed by atoms with van der Waals surface area (Å²) in [4.78, 5) is 23.4. The summed E-state index contributed by atoms with van der Waals surface area (Å²) in [6.45, 7) is 5.78. The van der Waals surface area contributed by atoms with E-state index in [1.54, 1.807) is 6.92 Å². The molecule has 0 aliphatic carbocycles. The van der Waals surface area contributed by atoms with Crippen molar-refractivity contribution in [2.45, 2.75) is 39.3 Å². The van der Waals surface area contributed by atoms with E-state index in [0.29, 0.717) is 0 Å². The third-order valence-corrected chi connectivity index (χ3v) is 3.09. The number of nitrogens with one attached hydrogen (secondary N) is 3. The summed E-state index contributed by atoms with van der Waals surface area (Å²) in [5, 5.41) is 7.99. The molecule has 2 atom stereocenters. The Bertz CT molecular complexity index is 546. The van der Waals surface area contributed by atoms with Crippen molar-refractivity contribution in [1.82, 2.24) is 16.0 Å². The van der Waals surface area contributed by atoms with Gasteiger partial charge in [0.25, 0.3) is 0 Å². The van der Waals surface area contributed by atoms with Gasteiger partial charge >= 0.3 is 6.03 Å². The number of carbonyl (C=O) groups excluding carboxylic acids is 2. The second-order valence-electron chi connectivity index (χ2n) is 5.03. The van der Waals surface area contributed by atoms with Crippen LogP contribution in [0.1, 0.15) is 32.8 Å². The average Bonchev–Trinajstić information content (AvgIpc) is 2.52. The smallest absolute Gasteiger partial charge is 0.316 e. The van der Waals surface area contributed by atoms with Crippen molar-refractivity contribution in [3.05, 3.63) is 35.9 Å². The van der Waals surface area contributed by atoms with Crippen molar-refractivity contribution in [2.24, 2.45) is 0 Å². The molecule has 3 amide bonds. The molecular formula is C17H23N3O2. The van der Waals surface area contributed by atoms with E-state index >= 15 is 0 Å². The van der Waals surface area contributed by atoms with Gasteiger partial charge in [0.2, 0.25) is 5.91 Å². The highest BCUT2D eigenvalue weighted by Gasteiger charge is 2.16. The van der Waals surface area contributed by atoms with Crippen molar-refractivity contribution in [1.29, 1.82) is 0 Å². The molecule has 0 spiro atoms. The van der Waals surface area contributed by atoms with E-state index in [1.165, 1.54) is 0 Å². The van der Waals surface area contributed by atoms with E-state index < -0.39 is 12.1 Å². The Morgan fingerprint density at radius 2 is 1.82 bits per heavy atom. The molecule has 0 unspecified atom stereocenters. The lowest BCUT2D eigenvalue weighted by Gasteiger charge is -2.17. The summed E-state index contributed by atoms with van der Waals surface area (Å²) >= 11 is 0. The molecule has 0 aliphatic heterocycles. The predicted octanol–water partition coefficient (Wildman–Crippen LogP) is 1.64. The van der Waals surface area contributed by atoms with Crippen LogP contribution >= 0.6 is 0 Å². The molecule has 1 rings (SSSR count). The van der Waals surface area contributed by atoms with Gasteiger partial charge in [-0.25, -0.2) is 4.79 Å². The van der Waals surface area contributed by atoms with E-state index in [1.807, 2.05) is 44.2 Å². The Morgan fingerprint density at radius 1 is 1.14 bits per heavy atom. The van der Waals surface area contributed by atoms with Gasteiger partial charge in [-0.2, -0.15) is 0 Å². The van der Waals surface area contributed by atoms with E-state index in [0.717, 1.165) is 12.0 Å². The number of hydrogen-bond acceptors (Lipinski definition) is 2. The number of benzene rings is 1. The van der Waals surface area contributed by atoms with Crippen molar-refractivity contribution < 1.29 is 9.59 Å². The summed E-state index contributed by atoms with van der Waals surface area (Å²) in [6.07, 6.45) is 0.847. The Balaban J connectivity index is 2.31. The van der Waals surface area contributed by atoms with Crippen LogP contribution in [0, 0.1) is 11.8 Å². The molecule has 1 aromatic rings. The highest BCUT2D eigenvalue weighted by Crippen LogP contribution is 1.94. The lowest BCUT2D eigenvalue weighted by Crippen LogP contribution is -2.50. The predicted molar refractivity (Wildman–Crippen MR) is 87.2 cm³/mol. The zero-order valence-corrected chi connectivity index (χ0v) is 13.3. The Hall–Kier alpha value is -2.48. The topological polar surface area (TPSA) is 70.2 Å². The van der Waals surface area contributed by atoms with Crippen molar-refractivity contribution >= 4 is 11.9 Å². The summed E-state index contributed by atoms with van der Waals surface area (Å²) in [7, 11) is 0. The fraction of sp³-hybridized carbons (Fsp3) is 0.412. The van der Waals surface area contributed by atoms with Gasteiger partial charge in [0.05, 0.1) is 6.54 Å². The second kappa shape index (κ2) is 9.46. The van der Waals surface area contributed by atoms with Crippen molar-refractivity contribution in [2.75, 3.05) is 6.54 Å². The summed E-state index contributed by atoms with van der Waals surface area (Å²) in [5.74, 6) is 5.60. The maximum absolute atomic E-state index is 11.8. The number of carbonyl (C=O) groups is 2. The zero-order chi connectivity index (χ0) is 16.4. The highest BCUT2D eigenvalue weighted by molar-refractivity contribution is 5.86. The van der Waals surface area contributed by atoms with Crippen LogP contribution in [0.2, 0.25) is 0 Å². The zero-order valence-electron chi connectivity index (χ0n) is 13.3. The molecular weight excluding hydrogens is 278 g/mol. The van der Waals surface area contributed by atoms with Crippen LogP contribution in [0.25, 0.3) is 0 Å². The Morgan fingerprint density at radius 3 is 2.45 bits per heavy atom. The molecule has 0 aromatic heterocycles. The van der Waals surface area contributed by atoms with Gasteiger partial charge in [-0.3, -0.25) is 4.79 Å². The summed E-state index contributed by atoms with van der Waals surface area (Å²) < 4.78 is 0. The molecule has 1 aromatic carbocycles. The largest absolute Gasteiger partial charge is 0.352 e.